The van der Waals surface area contributed by atoms with Gasteiger partial charge in [0.25, 0.3) is 10.0 Å². The van der Waals surface area contributed by atoms with Crippen LogP contribution in [0.3, 0.4) is 0 Å². The molecule has 0 saturated carbocycles. The number of sulfonamides is 1. The van der Waals surface area contributed by atoms with E-state index >= 15 is 0 Å². The Hall–Kier alpha value is -3.86. The van der Waals surface area contributed by atoms with Gasteiger partial charge in [-0.25, -0.2) is 31.1 Å². The number of urea groups is 1. The van der Waals surface area contributed by atoms with Gasteiger partial charge in [-0.05, 0) is 48.4 Å². The number of aryl methyl sites for hydroxylation is 1. The average molecular weight is 506 g/mol. The van der Waals surface area contributed by atoms with E-state index in [1.807, 2.05) is 4.72 Å². The van der Waals surface area contributed by atoms with Crippen LogP contribution < -0.4 is 14.9 Å². The first-order chi connectivity index (χ1) is 16.5. The largest absolute Gasteiger partial charge is 0.329 e. The Bertz CT molecular complexity index is 1350. The van der Waals surface area contributed by atoms with Crippen LogP contribution in [0.1, 0.15) is 11.1 Å². The predicted molar refractivity (Wildman–Crippen MR) is 124 cm³/mol. The number of likely N-dealkylation sites (N-methyl/N-ethyl adjacent to an activating group) is 1. The highest BCUT2D eigenvalue weighted by Gasteiger charge is 2.29. The summed E-state index contributed by atoms with van der Waals surface area (Å²) in [5.74, 6) is -3.37. The van der Waals surface area contributed by atoms with Crippen molar-refractivity contribution in [2.24, 2.45) is 0 Å². The van der Waals surface area contributed by atoms with E-state index in [-0.39, 0.29) is 16.1 Å². The number of hydrogen-bond donors (Lipinski definition) is 2. The highest BCUT2D eigenvalue weighted by atomic mass is 32.2. The molecule has 0 spiro atoms. The molecular weight excluding hydrogens is 483 g/mol. The number of nitrogens with zero attached hydrogens (tertiary/aromatic N) is 1. The van der Waals surface area contributed by atoms with Crippen molar-refractivity contribution in [3.8, 4) is 0 Å². The minimum atomic E-state index is -4.29. The second-order valence-corrected chi connectivity index (χ2v) is 9.38. The van der Waals surface area contributed by atoms with Gasteiger partial charge in [0, 0.05) is 19.5 Å². The van der Waals surface area contributed by atoms with E-state index in [1.54, 1.807) is 19.1 Å². The topological polar surface area (TPSA) is 95.6 Å². The lowest BCUT2D eigenvalue weighted by Gasteiger charge is -2.25. The molecule has 1 atom stereocenters. The summed E-state index contributed by atoms with van der Waals surface area (Å²) in [6, 6.07) is 11.2. The molecule has 0 heterocycles. The Morgan fingerprint density at radius 3 is 2.17 bits per heavy atom. The summed E-state index contributed by atoms with van der Waals surface area (Å²) in [4.78, 5) is 26.6. The van der Waals surface area contributed by atoms with Gasteiger partial charge >= 0.3 is 6.03 Å². The number of nitrogens with one attached hydrogen (secondary N) is 2. The van der Waals surface area contributed by atoms with Gasteiger partial charge in [-0.1, -0.05) is 30.3 Å². The molecule has 0 aliphatic carbocycles. The second kappa shape index (κ2) is 10.6. The maximum absolute atomic E-state index is 14.2. The molecule has 35 heavy (non-hydrogen) atoms. The molecule has 0 aliphatic rings. The van der Waals surface area contributed by atoms with Gasteiger partial charge in [-0.2, -0.15) is 0 Å². The van der Waals surface area contributed by atoms with E-state index in [9.17, 15) is 31.2 Å². The fraction of sp³-hybridized carbons (Fsp3) is 0.167. The summed E-state index contributed by atoms with van der Waals surface area (Å²) >= 11 is 0. The minimum Gasteiger partial charge on any atom is -0.325 e. The Morgan fingerprint density at radius 2 is 1.54 bits per heavy atom. The third kappa shape index (κ3) is 6.38. The van der Waals surface area contributed by atoms with Gasteiger partial charge in [0.05, 0.1) is 10.6 Å². The average Bonchev–Trinajstić information content (AvgIpc) is 2.77. The minimum absolute atomic E-state index is 0.0184. The Balaban J connectivity index is 1.88. The zero-order valence-electron chi connectivity index (χ0n) is 18.8. The van der Waals surface area contributed by atoms with Crippen LogP contribution in [-0.4, -0.2) is 33.4 Å². The molecule has 0 fully saturated rings. The van der Waals surface area contributed by atoms with Crippen molar-refractivity contribution in [1.29, 1.82) is 0 Å². The molecule has 184 valence electrons. The molecule has 0 aliphatic heterocycles. The van der Waals surface area contributed by atoms with E-state index in [4.69, 9.17) is 0 Å². The van der Waals surface area contributed by atoms with Crippen molar-refractivity contribution in [2.75, 3.05) is 11.9 Å². The molecule has 0 unspecified atom stereocenters. The Kier molecular flexibility index (Phi) is 7.80. The number of anilines is 1. The van der Waals surface area contributed by atoms with Gasteiger partial charge < -0.3 is 10.2 Å². The summed E-state index contributed by atoms with van der Waals surface area (Å²) < 4.78 is 68.8. The van der Waals surface area contributed by atoms with Gasteiger partial charge in [-0.3, -0.25) is 4.79 Å². The molecule has 3 aromatic rings. The van der Waals surface area contributed by atoms with Crippen molar-refractivity contribution < 1.29 is 31.2 Å². The van der Waals surface area contributed by atoms with E-state index < -0.39 is 51.9 Å². The normalized spacial score (nSPS) is 12.0. The highest BCUT2D eigenvalue weighted by molar-refractivity contribution is 7.90. The maximum atomic E-state index is 14.2. The number of amides is 3. The van der Waals surface area contributed by atoms with Crippen LogP contribution in [-0.2, 0) is 21.2 Å². The lowest BCUT2D eigenvalue weighted by molar-refractivity contribution is -0.120. The van der Waals surface area contributed by atoms with Crippen LogP contribution >= 0.6 is 0 Å². The standard InChI is InChI=1S/C24H22F3N3O4S/c1-15-7-3-6-10-22(15)35(33,34)29-24(32)28-20(13-16-11-17(25)14-18(26)12-16)23(31)30(2)21-9-5-4-8-19(21)27/h3-12,14,20H,13H2,1-2H3,(H2,28,29,32)/t20-/m0/s1. The van der Waals surface area contributed by atoms with Gasteiger partial charge in [0.2, 0.25) is 5.91 Å². The third-order valence-electron chi connectivity index (χ3n) is 5.12. The first kappa shape index (κ1) is 25.8. The number of halogens is 3. The fourth-order valence-corrected chi connectivity index (χ4v) is 4.63. The number of carbonyl (C=O) groups is 2. The summed E-state index contributed by atoms with van der Waals surface area (Å²) in [7, 11) is -3.04. The lowest BCUT2D eigenvalue weighted by Crippen LogP contribution is -2.52. The van der Waals surface area contributed by atoms with Crippen LogP contribution in [0.4, 0.5) is 23.7 Å². The molecule has 0 aromatic heterocycles. The summed E-state index contributed by atoms with van der Waals surface area (Å²) in [5, 5.41) is 2.23. The SMILES string of the molecule is Cc1ccccc1S(=O)(=O)NC(=O)N[C@@H](Cc1cc(F)cc(F)c1)C(=O)N(C)c1ccccc1F. The second-order valence-electron chi connectivity index (χ2n) is 7.73. The van der Waals surface area contributed by atoms with Gasteiger partial charge in [0.1, 0.15) is 23.5 Å². The molecule has 3 rings (SSSR count). The zero-order valence-corrected chi connectivity index (χ0v) is 19.6. The maximum Gasteiger partial charge on any atom is 0.329 e. The summed E-state index contributed by atoms with van der Waals surface area (Å²) in [5.41, 5.74) is 0.294. The van der Waals surface area contributed by atoms with Crippen molar-refractivity contribution in [2.45, 2.75) is 24.3 Å². The first-order valence-electron chi connectivity index (χ1n) is 10.3. The van der Waals surface area contributed by atoms with Crippen LogP contribution in [0.25, 0.3) is 0 Å². The number of para-hydroxylation sites is 1. The van der Waals surface area contributed by atoms with Crippen molar-refractivity contribution >= 4 is 27.6 Å². The molecule has 3 aromatic carbocycles. The summed E-state index contributed by atoms with van der Waals surface area (Å²) in [6.07, 6.45) is -0.399. The molecular formula is C24H22F3N3O4S. The van der Waals surface area contributed by atoms with E-state index in [2.05, 4.69) is 5.32 Å². The quantitative estimate of drug-likeness (QED) is 0.512. The zero-order chi connectivity index (χ0) is 25.8. The predicted octanol–water partition coefficient (Wildman–Crippen LogP) is 3.67. The van der Waals surface area contributed by atoms with Crippen LogP contribution in [0.2, 0.25) is 0 Å². The van der Waals surface area contributed by atoms with Crippen LogP contribution in [0.15, 0.2) is 71.6 Å². The van der Waals surface area contributed by atoms with E-state index in [0.717, 1.165) is 23.1 Å². The molecule has 0 radical (unpaired) electrons. The number of benzene rings is 3. The van der Waals surface area contributed by atoms with Crippen molar-refractivity contribution in [1.82, 2.24) is 10.0 Å². The van der Waals surface area contributed by atoms with Crippen LogP contribution in [0.5, 0.6) is 0 Å². The molecule has 0 bridgehead atoms. The van der Waals surface area contributed by atoms with Gasteiger partial charge in [-0.15, -0.1) is 0 Å². The number of rotatable bonds is 7. The molecule has 3 amide bonds. The van der Waals surface area contributed by atoms with Crippen molar-refractivity contribution in [3.05, 3.63) is 95.3 Å². The fourth-order valence-electron chi connectivity index (χ4n) is 3.46. The van der Waals surface area contributed by atoms with Gasteiger partial charge in [0.15, 0.2) is 0 Å². The van der Waals surface area contributed by atoms with E-state index in [0.29, 0.717) is 11.6 Å². The molecule has 7 nitrogen and oxygen atoms in total. The smallest absolute Gasteiger partial charge is 0.325 e. The third-order valence-corrected chi connectivity index (χ3v) is 6.61. The first-order valence-corrected chi connectivity index (χ1v) is 11.8. The number of carbonyl (C=O) groups excluding carboxylic acids is 2. The molecule has 2 N–H and O–H groups in total. The highest BCUT2D eigenvalue weighted by Crippen LogP contribution is 2.20. The van der Waals surface area contributed by atoms with E-state index in [1.165, 1.54) is 37.4 Å². The lowest BCUT2D eigenvalue weighted by atomic mass is 10.0. The molecule has 11 heteroatoms. The Morgan fingerprint density at radius 1 is 0.943 bits per heavy atom. The van der Waals surface area contributed by atoms with Crippen molar-refractivity contribution in [3.63, 3.8) is 0 Å². The Labute approximate surface area is 200 Å². The van der Waals surface area contributed by atoms with Crippen LogP contribution in [0, 0.1) is 24.4 Å². The monoisotopic (exact) mass is 505 g/mol. The molecule has 0 saturated heterocycles. The number of hydrogen-bond acceptors (Lipinski definition) is 4. The summed E-state index contributed by atoms with van der Waals surface area (Å²) in [6.45, 7) is 1.54.